The van der Waals surface area contributed by atoms with Gasteiger partial charge in [0.25, 0.3) is 0 Å². The van der Waals surface area contributed by atoms with E-state index in [2.05, 4.69) is 54.4 Å². The Bertz CT molecular complexity index is 2410. The van der Waals surface area contributed by atoms with Crippen molar-refractivity contribution in [3.63, 3.8) is 0 Å². The molecule has 14 aliphatic rings. The van der Waals surface area contributed by atoms with Gasteiger partial charge in [-0.2, -0.15) is 0 Å². The maximum Gasteiger partial charge on any atom is 0.308 e. The van der Waals surface area contributed by atoms with Gasteiger partial charge in [-0.05, 0) is 87.2 Å². The number of ketones is 1. The summed E-state index contributed by atoms with van der Waals surface area (Å²) >= 11 is 0. The van der Waals surface area contributed by atoms with Crippen LogP contribution >= 0.6 is 0 Å². The predicted octanol–water partition coefficient (Wildman–Crippen LogP) is 7.84. The standard InChI is InChI=1S/C64H94O19/c1-12-20-69-64-30-62-19-18-41-22-32(4)43(71-41)16-14-39-21-31(3)35(7)45(72-39)26-48-55(78-51(66)25-40-15-17-44-56(73-40)57(80-62)58(81-64)59(76-44)60(64)82-62)36(8)54-49(74-48)27-46(67-10)47(77-54)23-38(65)24-50-52(68-11)33(5)28-63(79-50)29-34(6)53-61(83-63)70-37(9)42(13-2)75-53/h12,31,33-34,36-37,39-50,52-61H,1,4,7,13-30H2,2-3,5-6,8-11H3/t31-,33+,34+,36+,37+,39+,40-,41+,42-,43+,44+,45?,46-,47-,48+,49+,50+,52+,53?,54+,55-,56+,57+,58?,59?,60+,61-,62-,63-,64?/m1/s1. The van der Waals surface area contributed by atoms with E-state index in [9.17, 15) is 9.59 Å². The van der Waals surface area contributed by atoms with E-state index in [1.807, 2.05) is 6.92 Å². The molecule has 0 aromatic heterocycles. The first-order valence-corrected chi connectivity index (χ1v) is 31.9. The number of ether oxygens (including phenoxy) is 17. The second-order valence-electron chi connectivity index (χ2n) is 27.4. The van der Waals surface area contributed by atoms with Crippen LogP contribution < -0.4 is 0 Å². The Labute approximate surface area is 490 Å². The number of rotatable bonds is 10. The zero-order chi connectivity index (χ0) is 57.9. The highest BCUT2D eigenvalue weighted by Gasteiger charge is 2.75. The van der Waals surface area contributed by atoms with E-state index in [-0.39, 0.29) is 110 Å². The normalized spacial score (nSPS) is 53.1. The largest absolute Gasteiger partial charge is 0.459 e. The third-order valence-electron chi connectivity index (χ3n) is 21.6. The molecule has 14 rings (SSSR count). The topological polar surface area (TPSA) is 191 Å². The molecule has 12 bridgehead atoms. The molecule has 83 heavy (non-hydrogen) atoms. The van der Waals surface area contributed by atoms with Crippen molar-refractivity contribution in [1.82, 2.24) is 0 Å². The molecule has 19 nitrogen and oxygen atoms in total. The van der Waals surface area contributed by atoms with Gasteiger partial charge in [0.05, 0.1) is 111 Å². The fourth-order valence-electron chi connectivity index (χ4n) is 17.5. The average molecular weight is 1170 g/mol. The Hall–Kier alpha value is -2.28. The lowest BCUT2D eigenvalue weighted by molar-refractivity contribution is -0.426. The molecule has 2 spiro atoms. The maximum absolute atomic E-state index is 14.7. The highest BCUT2D eigenvalue weighted by molar-refractivity contribution is 5.79. The lowest BCUT2D eigenvalue weighted by Crippen LogP contribution is -2.64. The van der Waals surface area contributed by atoms with Crippen LogP contribution in [0.2, 0.25) is 0 Å². The van der Waals surface area contributed by atoms with E-state index < -0.39 is 109 Å². The van der Waals surface area contributed by atoms with E-state index in [0.717, 1.165) is 43.3 Å². The third-order valence-corrected chi connectivity index (χ3v) is 21.6. The van der Waals surface area contributed by atoms with Gasteiger partial charge in [-0.3, -0.25) is 9.59 Å². The number of Topliss-reactive ketones (excluding diaryl/α,β-unsaturated/α-hetero) is 1. The first kappa shape index (κ1) is 59.7. The molecule has 0 aliphatic carbocycles. The Morgan fingerprint density at radius 2 is 1.39 bits per heavy atom. The van der Waals surface area contributed by atoms with E-state index in [1.165, 1.54) is 0 Å². The van der Waals surface area contributed by atoms with Gasteiger partial charge < -0.3 is 80.5 Å². The minimum atomic E-state index is -1.08. The van der Waals surface area contributed by atoms with Gasteiger partial charge in [0.2, 0.25) is 5.79 Å². The molecule has 464 valence electrons. The summed E-state index contributed by atoms with van der Waals surface area (Å²) in [6.07, 6.45) is 1.72. The minimum absolute atomic E-state index is 0.00117. The Morgan fingerprint density at radius 1 is 0.639 bits per heavy atom. The van der Waals surface area contributed by atoms with Crippen LogP contribution in [0.25, 0.3) is 0 Å². The van der Waals surface area contributed by atoms with Crippen LogP contribution in [0.5, 0.6) is 0 Å². The highest BCUT2D eigenvalue weighted by Crippen LogP contribution is 2.60. The molecule has 14 heterocycles. The van der Waals surface area contributed by atoms with Crippen molar-refractivity contribution < 1.29 is 90.1 Å². The maximum atomic E-state index is 14.7. The van der Waals surface area contributed by atoms with Crippen molar-refractivity contribution in [2.24, 2.45) is 23.7 Å². The molecule has 0 aromatic rings. The number of carbonyl (C=O) groups excluding carboxylic acids is 2. The smallest absolute Gasteiger partial charge is 0.308 e. The summed E-state index contributed by atoms with van der Waals surface area (Å²) in [6, 6.07) is 0. The van der Waals surface area contributed by atoms with E-state index in [1.54, 1.807) is 20.3 Å². The summed E-state index contributed by atoms with van der Waals surface area (Å²) in [6.45, 7) is 26.0. The molecule has 30 atom stereocenters. The predicted molar refractivity (Wildman–Crippen MR) is 295 cm³/mol. The van der Waals surface area contributed by atoms with Crippen molar-refractivity contribution in [1.29, 1.82) is 0 Å². The average Bonchev–Trinajstić information content (AvgIpc) is 1.68. The van der Waals surface area contributed by atoms with Gasteiger partial charge in [0.1, 0.15) is 48.5 Å². The Kier molecular flexibility index (Phi) is 17.0. The lowest BCUT2D eigenvalue weighted by atomic mass is 9.78. The monoisotopic (exact) mass is 1170 g/mol. The highest BCUT2D eigenvalue weighted by atomic mass is 16.8. The number of methoxy groups -OCH3 is 2. The Morgan fingerprint density at radius 3 is 2.18 bits per heavy atom. The molecular weight excluding hydrogens is 1070 g/mol. The zero-order valence-corrected chi connectivity index (χ0v) is 50.3. The van der Waals surface area contributed by atoms with Gasteiger partial charge in [0.15, 0.2) is 17.9 Å². The summed E-state index contributed by atoms with van der Waals surface area (Å²) in [5, 5.41) is 0. The van der Waals surface area contributed by atoms with Crippen LogP contribution in [-0.4, -0.2) is 191 Å². The van der Waals surface area contributed by atoms with Crippen LogP contribution in [0.1, 0.15) is 151 Å². The van der Waals surface area contributed by atoms with Gasteiger partial charge in [-0.25, -0.2) is 0 Å². The summed E-state index contributed by atoms with van der Waals surface area (Å²) in [7, 11) is 3.33. The fourth-order valence-corrected chi connectivity index (χ4v) is 17.5. The van der Waals surface area contributed by atoms with Crippen molar-refractivity contribution in [3.8, 4) is 0 Å². The zero-order valence-electron chi connectivity index (χ0n) is 50.3. The SMILES string of the molecule is C=CCOC12C[C@]34CC[C@H]5CC(=C)[C@H](CC[C@H]6C[C@@H](C)C(=C)C(C[C@@H]7O[C@H]8C[C@@H](OC)[C@@H](CC(=O)C[C@@H]9O[C@]%10(C[C@H](C)C%11O[C@H](CC)[C@H](C)O[C@@H]%11O%10)C[C@H](C)[C@@H]9OC)O[C@H]8[C@H](C)[C@H]7OC(=O)C[C@H]7CC[C@@H]8OC(C(O1)[C@@H](O3)[C@H]8O7)[C@@H]2O4)O6)O5. The Balaban J connectivity index is 0.733. The molecule has 14 fully saturated rings. The summed E-state index contributed by atoms with van der Waals surface area (Å²) in [5.74, 6) is -3.57. The van der Waals surface area contributed by atoms with E-state index in [0.29, 0.717) is 57.8 Å². The van der Waals surface area contributed by atoms with Gasteiger partial charge in [-0.1, -0.05) is 53.9 Å². The van der Waals surface area contributed by atoms with Crippen LogP contribution in [0.3, 0.4) is 0 Å². The molecule has 19 heteroatoms. The first-order valence-electron chi connectivity index (χ1n) is 31.9. The van der Waals surface area contributed by atoms with Crippen molar-refractivity contribution in [3.05, 3.63) is 37.0 Å². The number of carbonyl (C=O) groups is 2. The van der Waals surface area contributed by atoms with E-state index in [4.69, 9.17) is 80.5 Å². The molecule has 0 N–H and O–H groups in total. The molecule has 5 unspecified atom stereocenters. The molecular formula is C64H94O19. The van der Waals surface area contributed by atoms with Crippen molar-refractivity contribution >= 4 is 11.8 Å². The van der Waals surface area contributed by atoms with Gasteiger partial charge >= 0.3 is 5.97 Å². The number of hydrogen-bond donors (Lipinski definition) is 0. The molecule has 14 saturated heterocycles. The molecule has 0 amide bonds. The molecule has 14 aliphatic heterocycles. The quantitative estimate of drug-likeness (QED) is 0.152. The fraction of sp³-hybridized carbons (Fsp3) is 0.875. The van der Waals surface area contributed by atoms with Gasteiger partial charge in [-0.15, -0.1) is 6.58 Å². The van der Waals surface area contributed by atoms with Crippen molar-refractivity contribution in [2.75, 3.05) is 20.8 Å². The van der Waals surface area contributed by atoms with Crippen LogP contribution in [-0.2, 0) is 90.1 Å². The number of fused-ring (bicyclic) bond motifs is 8. The molecule has 0 saturated carbocycles. The first-order chi connectivity index (χ1) is 39.9. The van der Waals surface area contributed by atoms with Crippen LogP contribution in [0.4, 0.5) is 0 Å². The lowest BCUT2D eigenvalue weighted by Gasteiger charge is -2.55. The van der Waals surface area contributed by atoms with Gasteiger partial charge in [0, 0.05) is 65.1 Å². The van der Waals surface area contributed by atoms with Crippen LogP contribution in [0, 0.1) is 23.7 Å². The third kappa shape index (κ3) is 11.2. The van der Waals surface area contributed by atoms with Crippen molar-refractivity contribution in [2.45, 2.75) is 309 Å². The second-order valence-corrected chi connectivity index (χ2v) is 27.4. The second kappa shape index (κ2) is 23.6. The summed E-state index contributed by atoms with van der Waals surface area (Å²) in [4.78, 5) is 29.3. The van der Waals surface area contributed by atoms with E-state index >= 15 is 0 Å². The minimum Gasteiger partial charge on any atom is -0.459 e. The number of hydrogen-bond acceptors (Lipinski definition) is 19. The molecule has 0 radical (unpaired) electrons. The summed E-state index contributed by atoms with van der Waals surface area (Å²) in [5.41, 5.74) is 2.08. The molecule has 0 aromatic carbocycles. The summed E-state index contributed by atoms with van der Waals surface area (Å²) < 4.78 is 115. The van der Waals surface area contributed by atoms with Crippen LogP contribution in [0.15, 0.2) is 37.0 Å². The number of esters is 1.